The number of hydrogen-bond donors (Lipinski definition) is 2. The van der Waals surface area contributed by atoms with Gasteiger partial charge in [0.05, 0.1) is 5.75 Å². The van der Waals surface area contributed by atoms with Crippen molar-refractivity contribution in [2.45, 2.75) is 12.3 Å². The van der Waals surface area contributed by atoms with Crippen LogP contribution in [0.15, 0.2) is 24.3 Å². The Labute approximate surface area is 102 Å². The van der Waals surface area contributed by atoms with E-state index in [0.29, 0.717) is 19.0 Å². The molecule has 4 nitrogen and oxygen atoms in total. The first-order chi connectivity index (χ1) is 8.12. The van der Waals surface area contributed by atoms with Crippen LogP contribution in [0.25, 0.3) is 0 Å². The molecule has 0 amide bonds. The Morgan fingerprint density at radius 1 is 1.35 bits per heavy atom. The van der Waals surface area contributed by atoms with E-state index < -0.39 is 10.0 Å². The van der Waals surface area contributed by atoms with Gasteiger partial charge in [0, 0.05) is 19.0 Å². The van der Waals surface area contributed by atoms with Crippen LogP contribution >= 0.6 is 0 Å². The van der Waals surface area contributed by atoms with Crippen LogP contribution in [0.4, 0.5) is 0 Å². The second kappa shape index (κ2) is 5.16. The van der Waals surface area contributed by atoms with Gasteiger partial charge in [-0.15, -0.1) is 0 Å². The molecule has 1 aliphatic carbocycles. The zero-order valence-electron chi connectivity index (χ0n) is 9.94. The Morgan fingerprint density at radius 2 is 2.12 bits per heavy atom. The minimum Gasteiger partial charge on any atom is -0.319 e. The molecule has 2 N–H and O–H groups in total. The molecule has 5 heteroatoms. The maximum absolute atomic E-state index is 11.6. The van der Waals surface area contributed by atoms with Crippen molar-refractivity contribution in [3.05, 3.63) is 35.4 Å². The summed E-state index contributed by atoms with van der Waals surface area (Å²) in [6, 6.07) is 8.19. The molecule has 0 saturated heterocycles. The van der Waals surface area contributed by atoms with E-state index in [-0.39, 0.29) is 5.75 Å². The fourth-order valence-corrected chi connectivity index (χ4v) is 3.15. The van der Waals surface area contributed by atoms with Gasteiger partial charge in [0.25, 0.3) is 0 Å². The summed E-state index contributed by atoms with van der Waals surface area (Å²) in [5.41, 5.74) is 2.62. The Morgan fingerprint density at radius 3 is 2.82 bits per heavy atom. The summed E-state index contributed by atoms with van der Waals surface area (Å²) in [6.07, 6.45) is 0.977. The lowest BCUT2D eigenvalue weighted by molar-refractivity contribution is 0.550. The van der Waals surface area contributed by atoms with Gasteiger partial charge in [0.15, 0.2) is 0 Å². The van der Waals surface area contributed by atoms with E-state index in [0.717, 1.165) is 6.42 Å². The molecule has 0 radical (unpaired) electrons. The Hall–Kier alpha value is -0.910. The average molecular weight is 254 g/mol. The van der Waals surface area contributed by atoms with Crippen molar-refractivity contribution in [1.29, 1.82) is 0 Å². The van der Waals surface area contributed by atoms with Gasteiger partial charge in [-0.1, -0.05) is 24.3 Å². The summed E-state index contributed by atoms with van der Waals surface area (Å²) in [6.45, 7) is 1.000. The molecule has 0 aliphatic heterocycles. The molecule has 2 rings (SSSR count). The summed E-state index contributed by atoms with van der Waals surface area (Å²) in [5.74, 6) is 0.480. The third kappa shape index (κ3) is 3.06. The van der Waals surface area contributed by atoms with E-state index in [9.17, 15) is 8.42 Å². The van der Waals surface area contributed by atoms with Gasteiger partial charge < -0.3 is 5.32 Å². The van der Waals surface area contributed by atoms with Gasteiger partial charge in [-0.25, -0.2) is 13.1 Å². The standard InChI is InChI=1S/C12H18N2O2S/c1-13-6-7-17(15,16)14-9-11-8-10-4-2-3-5-12(10)11/h2-5,11,13-14H,6-9H2,1H3. The largest absolute Gasteiger partial charge is 0.319 e. The molecule has 1 aromatic rings. The molecule has 0 saturated carbocycles. The zero-order valence-corrected chi connectivity index (χ0v) is 10.8. The minimum atomic E-state index is -3.13. The van der Waals surface area contributed by atoms with Crippen molar-refractivity contribution >= 4 is 10.0 Å². The second-order valence-electron chi connectivity index (χ2n) is 4.37. The highest BCUT2D eigenvalue weighted by Gasteiger charge is 2.26. The third-order valence-electron chi connectivity index (χ3n) is 3.13. The van der Waals surface area contributed by atoms with Crippen LogP contribution in [0, 0.1) is 0 Å². The van der Waals surface area contributed by atoms with Crippen LogP contribution in [0.5, 0.6) is 0 Å². The first-order valence-corrected chi connectivity index (χ1v) is 7.47. The first kappa shape index (κ1) is 12.5. The van der Waals surface area contributed by atoms with Crippen LogP contribution in [0.1, 0.15) is 17.0 Å². The molecule has 0 aromatic heterocycles. The van der Waals surface area contributed by atoms with Gasteiger partial charge in [0.2, 0.25) is 10.0 Å². The molecular formula is C12H18N2O2S. The number of fused-ring (bicyclic) bond motifs is 1. The highest BCUT2D eigenvalue weighted by molar-refractivity contribution is 7.89. The summed E-state index contributed by atoms with van der Waals surface area (Å²) < 4.78 is 25.9. The molecule has 0 fully saturated rings. The first-order valence-electron chi connectivity index (χ1n) is 5.82. The van der Waals surface area contributed by atoms with Gasteiger partial charge in [-0.2, -0.15) is 0 Å². The third-order valence-corrected chi connectivity index (χ3v) is 4.48. The quantitative estimate of drug-likeness (QED) is 0.775. The van der Waals surface area contributed by atoms with Crippen molar-refractivity contribution in [2.75, 3.05) is 25.9 Å². The molecule has 1 aromatic carbocycles. The molecule has 0 heterocycles. The molecule has 0 spiro atoms. The van der Waals surface area contributed by atoms with Gasteiger partial charge in [-0.05, 0) is 24.6 Å². The maximum Gasteiger partial charge on any atom is 0.212 e. The fraction of sp³-hybridized carbons (Fsp3) is 0.500. The van der Waals surface area contributed by atoms with Gasteiger partial charge >= 0.3 is 0 Å². The van der Waals surface area contributed by atoms with E-state index in [1.165, 1.54) is 11.1 Å². The highest BCUT2D eigenvalue weighted by Crippen LogP contribution is 2.34. The molecule has 1 atom stereocenters. The van der Waals surface area contributed by atoms with Crippen molar-refractivity contribution in [1.82, 2.24) is 10.0 Å². The fourth-order valence-electron chi connectivity index (χ4n) is 2.08. The molecule has 0 bridgehead atoms. The molecule has 1 unspecified atom stereocenters. The van der Waals surface area contributed by atoms with Crippen LogP contribution in [0.3, 0.4) is 0 Å². The molecule has 17 heavy (non-hydrogen) atoms. The van der Waals surface area contributed by atoms with Gasteiger partial charge in [-0.3, -0.25) is 0 Å². The predicted octanol–water partition coefficient (Wildman–Crippen LogP) is 0.465. The maximum atomic E-state index is 11.6. The number of rotatable bonds is 6. The Balaban J connectivity index is 1.85. The Bertz CT molecular complexity index is 485. The smallest absolute Gasteiger partial charge is 0.212 e. The number of hydrogen-bond acceptors (Lipinski definition) is 3. The summed E-state index contributed by atoms with van der Waals surface area (Å²) >= 11 is 0. The number of nitrogens with one attached hydrogen (secondary N) is 2. The van der Waals surface area contributed by atoms with E-state index in [1.54, 1.807) is 7.05 Å². The summed E-state index contributed by atoms with van der Waals surface area (Å²) in [4.78, 5) is 0. The minimum absolute atomic E-state index is 0.137. The zero-order chi connectivity index (χ0) is 12.3. The van der Waals surface area contributed by atoms with Crippen LogP contribution in [0.2, 0.25) is 0 Å². The van der Waals surface area contributed by atoms with Crippen LogP contribution in [-0.4, -0.2) is 34.3 Å². The predicted molar refractivity (Wildman–Crippen MR) is 68.6 cm³/mol. The second-order valence-corrected chi connectivity index (χ2v) is 6.30. The average Bonchev–Trinajstić information content (AvgIpc) is 2.28. The lowest BCUT2D eigenvalue weighted by Gasteiger charge is -2.30. The van der Waals surface area contributed by atoms with E-state index in [2.05, 4.69) is 22.2 Å². The lowest BCUT2D eigenvalue weighted by Crippen LogP contribution is -2.36. The van der Waals surface area contributed by atoms with Crippen LogP contribution < -0.4 is 10.0 Å². The number of sulfonamides is 1. The molecule has 1 aliphatic rings. The number of benzene rings is 1. The van der Waals surface area contributed by atoms with Crippen molar-refractivity contribution < 1.29 is 8.42 Å². The van der Waals surface area contributed by atoms with Crippen LogP contribution in [-0.2, 0) is 16.4 Å². The highest BCUT2D eigenvalue weighted by atomic mass is 32.2. The van der Waals surface area contributed by atoms with E-state index in [4.69, 9.17) is 0 Å². The monoisotopic (exact) mass is 254 g/mol. The van der Waals surface area contributed by atoms with Crippen molar-refractivity contribution in [3.63, 3.8) is 0 Å². The van der Waals surface area contributed by atoms with E-state index in [1.807, 2.05) is 12.1 Å². The molecular weight excluding hydrogens is 236 g/mol. The summed E-state index contributed by atoms with van der Waals surface area (Å²) in [7, 11) is -1.38. The molecule has 94 valence electrons. The SMILES string of the molecule is CNCCS(=O)(=O)NCC1Cc2ccccc21. The van der Waals surface area contributed by atoms with E-state index >= 15 is 0 Å². The summed E-state index contributed by atoms with van der Waals surface area (Å²) in [5, 5.41) is 2.84. The topological polar surface area (TPSA) is 58.2 Å². The lowest BCUT2D eigenvalue weighted by atomic mass is 9.78. The Kier molecular flexibility index (Phi) is 3.81. The normalized spacial score (nSPS) is 18.5. The van der Waals surface area contributed by atoms with Crippen molar-refractivity contribution in [2.24, 2.45) is 0 Å². The van der Waals surface area contributed by atoms with Crippen molar-refractivity contribution in [3.8, 4) is 0 Å². The van der Waals surface area contributed by atoms with Gasteiger partial charge in [0.1, 0.15) is 0 Å².